The zero-order chi connectivity index (χ0) is 13.2. The van der Waals surface area contributed by atoms with Gasteiger partial charge < -0.3 is 4.90 Å². The summed E-state index contributed by atoms with van der Waals surface area (Å²) < 4.78 is 0.903. The van der Waals surface area contributed by atoms with Gasteiger partial charge in [-0.2, -0.15) is 0 Å². The van der Waals surface area contributed by atoms with Crippen LogP contribution < -0.4 is 0 Å². The first-order chi connectivity index (χ1) is 9.25. The van der Waals surface area contributed by atoms with Gasteiger partial charge in [0.2, 0.25) is 0 Å². The number of hydrogen-bond acceptors (Lipinski definition) is 2. The molecule has 2 heterocycles. The molecule has 1 aliphatic rings. The molecule has 0 saturated carbocycles. The van der Waals surface area contributed by atoms with Crippen LogP contribution in [-0.2, 0) is 13.0 Å². The van der Waals surface area contributed by atoms with Gasteiger partial charge in [0, 0.05) is 17.6 Å². The maximum Gasteiger partial charge on any atom is 0.265 e. The van der Waals surface area contributed by atoms with Crippen LogP contribution in [0.25, 0.3) is 0 Å². The van der Waals surface area contributed by atoms with E-state index in [-0.39, 0.29) is 5.91 Å². The summed E-state index contributed by atoms with van der Waals surface area (Å²) in [5.74, 6) is 0.138. The van der Waals surface area contributed by atoms with Crippen LogP contribution in [-0.4, -0.2) is 17.4 Å². The van der Waals surface area contributed by atoms with Crippen molar-refractivity contribution in [2.45, 2.75) is 19.4 Å². The molecule has 1 amide bonds. The lowest BCUT2D eigenvalue weighted by Crippen LogP contribution is -2.30. The molecule has 0 atom stereocenters. The highest BCUT2D eigenvalue weighted by Crippen LogP contribution is 2.26. The lowest BCUT2D eigenvalue weighted by Gasteiger charge is -2.20. The summed E-state index contributed by atoms with van der Waals surface area (Å²) in [5.41, 5.74) is 2.66. The van der Waals surface area contributed by atoms with Gasteiger partial charge in [-0.15, -0.1) is 11.3 Å². The third kappa shape index (κ3) is 2.60. The average Bonchev–Trinajstić information content (AvgIpc) is 2.73. The number of benzene rings is 1. The summed E-state index contributed by atoms with van der Waals surface area (Å²) in [4.78, 5) is 15.3. The van der Waals surface area contributed by atoms with Gasteiger partial charge >= 0.3 is 0 Å². The Morgan fingerprint density at radius 3 is 2.74 bits per heavy atom. The molecule has 0 spiro atoms. The van der Waals surface area contributed by atoms with Crippen molar-refractivity contribution in [3.05, 3.63) is 56.2 Å². The fourth-order valence-corrected chi connectivity index (χ4v) is 3.97. The Balaban J connectivity index is 1.87. The summed E-state index contributed by atoms with van der Waals surface area (Å²) in [6.07, 6.45) is 2.09. The van der Waals surface area contributed by atoms with Gasteiger partial charge in [0.1, 0.15) is 4.88 Å². The maximum absolute atomic E-state index is 12.6. The monoisotopic (exact) mass is 335 g/mol. The van der Waals surface area contributed by atoms with Crippen molar-refractivity contribution < 1.29 is 4.79 Å². The van der Waals surface area contributed by atoms with Crippen LogP contribution in [0.5, 0.6) is 0 Å². The predicted molar refractivity (Wildman–Crippen MR) is 81.5 cm³/mol. The molecule has 1 aromatic heterocycles. The molecule has 0 saturated heterocycles. The molecule has 3 rings (SSSR count). The van der Waals surface area contributed by atoms with Crippen molar-refractivity contribution in [1.29, 1.82) is 0 Å². The number of fused-ring (bicyclic) bond motifs is 1. The zero-order valence-electron chi connectivity index (χ0n) is 10.4. The molecule has 0 bridgehead atoms. The van der Waals surface area contributed by atoms with E-state index in [2.05, 4.69) is 34.1 Å². The maximum atomic E-state index is 12.6. The average molecular weight is 336 g/mol. The summed E-state index contributed by atoms with van der Waals surface area (Å²) in [7, 11) is 0. The quantitative estimate of drug-likeness (QED) is 0.768. The number of halogens is 1. The second-order valence-corrected chi connectivity index (χ2v) is 6.47. The van der Waals surface area contributed by atoms with Gasteiger partial charge in [0.05, 0.1) is 0 Å². The minimum absolute atomic E-state index is 0.138. The zero-order valence-corrected chi connectivity index (χ0v) is 12.8. The Labute approximate surface area is 125 Å². The van der Waals surface area contributed by atoms with E-state index < -0.39 is 0 Å². The van der Waals surface area contributed by atoms with Crippen LogP contribution in [0.15, 0.2) is 40.2 Å². The molecule has 1 aliphatic heterocycles. The summed E-state index contributed by atoms with van der Waals surface area (Å²) >= 11 is 4.95. The molecule has 0 aliphatic carbocycles. The van der Waals surface area contributed by atoms with Gasteiger partial charge in [-0.1, -0.05) is 24.3 Å². The van der Waals surface area contributed by atoms with Gasteiger partial charge in [-0.05, 0) is 51.3 Å². The SMILES string of the molecule is O=C(c1sccc1Br)N1CCCc2ccccc2C1. The van der Waals surface area contributed by atoms with Crippen LogP contribution in [0.3, 0.4) is 0 Å². The van der Waals surface area contributed by atoms with Crippen molar-refractivity contribution in [3.8, 4) is 0 Å². The number of nitrogens with zero attached hydrogens (tertiary/aromatic N) is 1. The van der Waals surface area contributed by atoms with Gasteiger partial charge in [0.25, 0.3) is 5.91 Å². The van der Waals surface area contributed by atoms with E-state index in [1.807, 2.05) is 22.4 Å². The Bertz CT molecular complexity index is 608. The standard InChI is InChI=1S/C15H14BrNOS/c16-13-7-9-19-14(13)15(18)17-8-3-6-11-4-1-2-5-12(11)10-17/h1-2,4-5,7,9H,3,6,8,10H2. The number of hydrogen-bond donors (Lipinski definition) is 0. The molecule has 2 nitrogen and oxygen atoms in total. The lowest BCUT2D eigenvalue weighted by molar-refractivity contribution is 0.0750. The molecule has 0 unspecified atom stereocenters. The van der Waals surface area contributed by atoms with E-state index in [9.17, 15) is 4.79 Å². The number of carbonyl (C=O) groups is 1. The first-order valence-electron chi connectivity index (χ1n) is 6.35. The highest BCUT2D eigenvalue weighted by Gasteiger charge is 2.22. The van der Waals surface area contributed by atoms with E-state index in [1.54, 1.807) is 0 Å². The minimum Gasteiger partial charge on any atom is -0.334 e. The Kier molecular flexibility index (Phi) is 3.71. The molecule has 98 valence electrons. The second kappa shape index (κ2) is 5.47. The number of rotatable bonds is 1. The molecule has 0 N–H and O–H groups in total. The van der Waals surface area contributed by atoms with Crippen molar-refractivity contribution in [2.75, 3.05) is 6.54 Å². The van der Waals surface area contributed by atoms with Crippen LogP contribution in [0.1, 0.15) is 27.2 Å². The lowest BCUT2D eigenvalue weighted by atomic mass is 10.0. The van der Waals surface area contributed by atoms with Gasteiger partial charge in [-0.25, -0.2) is 0 Å². The summed E-state index contributed by atoms with van der Waals surface area (Å²) in [5, 5.41) is 1.95. The van der Waals surface area contributed by atoms with Gasteiger partial charge in [0.15, 0.2) is 0 Å². The van der Waals surface area contributed by atoms with Gasteiger partial charge in [-0.3, -0.25) is 4.79 Å². The molecule has 0 radical (unpaired) electrons. The second-order valence-electron chi connectivity index (χ2n) is 4.70. The van der Waals surface area contributed by atoms with E-state index in [0.717, 1.165) is 35.3 Å². The number of aryl methyl sites for hydroxylation is 1. The Morgan fingerprint density at radius 1 is 1.21 bits per heavy atom. The number of thiophene rings is 1. The fourth-order valence-electron chi connectivity index (χ4n) is 2.46. The molecule has 4 heteroatoms. The summed E-state index contributed by atoms with van der Waals surface area (Å²) in [6.45, 7) is 1.55. The molecular weight excluding hydrogens is 322 g/mol. The Hall–Kier alpha value is -1.13. The van der Waals surface area contributed by atoms with Crippen molar-refractivity contribution in [2.24, 2.45) is 0 Å². The van der Waals surface area contributed by atoms with E-state index in [0.29, 0.717) is 0 Å². The molecule has 0 fully saturated rings. The van der Waals surface area contributed by atoms with Crippen LogP contribution in [0.2, 0.25) is 0 Å². The minimum atomic E-state index is 0.138. The highest BCUT2D eigenvalue weighted by molar-refractivity contribution is 9.10. The third-order valence-corrected chi connectivity index (χ3v) is 5.28. The van der Waals surface area contributed by atoms with Crippen LogP contribution in [0, 0.1) is 0 Å². The smallest absolute Gasteiger partial charge is 0.265 e. The first-order valence-corrected chi connectivity index (χ1v) is 8.02. The van der Waals surface area contributed by atoms with Crippen molar-refractivity contribution >= 4 is 33.2 Å². The molecule has 19 heavy (non-hydrogen) atoms. The van der Waals surface area contributed by atoms with Crippen molar-refractivity contribution in [3.63, 3.8) is 0 Å². The highest BCUT2D eigenvalue weighted by atomic mass is 79.9. The normalized spacial score (nSPS) is 14.9. The third-order valence-electron chi connectivity index (χ3n) is 3.45. The van der Waals surface area contributed by atoms with Crippen LogP contribution >= 0.6 is 27.3 Å². The Morgan fingerprint density at radius 2 is 2.00 bits per heavy atom. The largest absolute Gasteiger partial charge is 0.334 e. The summed E-state index contributed by atoms with van der Waals surface area (Å²) in [6, 6.07) is 10.4. The fraction of sp³-hybridized carbons (Fsp3) is 0.267. The van der Waals surface area contributed by atoms with E-state index >= 15 is 0 Å². The van der Waals surface area contributed by atoms with Crippen LogP contribution in [0.4, 0.5) is 0 Å². The molecule has 1 aromatic carbocycles. The van der Waals surface area contributed by atoms with Crippen molar-refractivity contribution in [1.82, 2.24) is 4.90 Å². The van der Waals surface area contributed by atoms with E-state index in [1.165, 1.54) is 22.5 Å². The molecule has 2 aromatic rings. The topological polar surface area (TPSA) is 20.3 Å². The predicted octanol–water partition coefficient (Wildman–Crippen LogP) is 4.10. The number of carbonyl (C=O) groups excluding carboxylic acids is 1. The molecular formula is C15H14BrNOS. The van der Waals surface area contributed by atoms with E-state index in [4.69, 9.17) is 0 Å². The number of amides is 1. The first kappa shape index (κ1) is 12.9.